The second-order valence-electron chi connectivity index (χ2n) is 5.02. The molecule has 1 fully saturated rings. The summed E-state index contributed by atoms with van der Waals surface area (Å²) in [6.07, 6.45) is 4.31. The summed E-state index contributed by atoms with van der Waals surface area (Å²) < 4.78 is 16.2. The Labute approximate surface area is 114 Å². The van der Waals surface area contributed by atoms with Crippen molar-refractivity contribution in [3.63, 3.8) is 0 Å². The van der Waals surface area contributed by atoms with E-state index in [0.29, 0.717) is 25.0 Å². The molecule has 2 rings (SSSR count). The van der Waals surface area contributed by atoms with Crippen molar-refractivity contribution in [1.82, 2.24) is 10.1 Å². The van der Waals surface area contributed by atoms with Gasteiger partial charge in [-0.2, -0.15) is 4.98 Å². The van der Waals surface area contributed by atoms with Gasteiger partial charge in [-0.25, -0.2) is 0 Å². The van der Waals surface area contributed by atoms with Crippen molar-refractivity contribution in [3.8, 4) is 0 Å². The van der Waals surface area contributed by atoms with Gasteiger partial charge in [-0.3, -0.25) is 0 Å². The molecule has 2 atom stereocenters. The molecule has 19 heavy (non-hydrogen) atoms. The van der Waals surface area contributed by atoms with Gasteiger partial charge in [0.05, 0.1) is 0 Å². The summed E-state index contributed by atoms with van der Waals surface area (Å²) >= 11 is 0. The molecule has 0 spiro atoms. The van der Waals surface area contributed by atoms with E-state index in [1.54, 1.807) is 0 Å². The molecule has 1 aliphatic carbocycles. The maximum atomic E-state index is 5.47. The third-order valence-corrected chi connectivity index (χ3v) is 3.78. The number of ether oxygens (including phenoxy) is 2. The van der Waals surface area contributed by atoms with Crippen molar-refractivity contribution in [3.05, 3.63) is 11.7 Å². The predicted octanol–water partition coefficient (Wildman–Crippen LogP) is 3.43. The quantitative estimate of drug-likeness (QED) is 0.709. The number of hydrogen-bond acceptors (Lipinski definition) is 5. The molecule has 0 aromatic carbocycles. The minimum Gasteiger partial charge on any atom is -0.345 e. The first-order valence-corrected chi connectivity index (χ1v) is 7.35. The molecule has 5 heteroatoms. The Morgan fingerprint density at radius 2 is 1.95 bits per heavy atom. The minimum atomic E-state index is -0.528. The lowest BCUT2D eigenvalue weighted by molar-refractivity contribution is -0.155. The van der Waals surface area contributed by atoms with Gasteiger partial charge in [0.25, 0.3) is 5.89 Å². The molecule has 0 bridgehead atoms. The molecular weight excluding hydrogens is 244 g/mol. The van der Waals surface area contributed by atoms with E-state index < -0.39 is 6.29 Å². The Hall–Kier alpha value is -0.940. The standard InChI is InChI=1S/C14H24N2O3/c1-4-10-7-8-11(9-10)12-15-13(19-16-12)14(17-5-2)18-6-3/h10-11,14H,4-9H2,1-3H3. The second kappa shape index (κ2) is 7.01. The minimum absolute atomic E-state index is 0.436. The van der Waals surface area contributed by atoms with Crippen molar-refractivity contribution in [2.45, 2.75) is 58.7 Å². The van der Waals surface area contributed by atoms with Gasteiger partial charge in [-0.1, -0.05) is 18.5 Å². The van der Waals surface area contributed by atoms with E-state index in [1.165, 1.54) is 19.3 Å². The van der Waals surface area contributed by atoms with Crippen LogP contribution in [0.25, 0.3) is 0 Å². The van der Waals surface area contributed by atoms with E-state index >= 15 is 0 Å². The van der Waals surface area contributed by atoms with Gasteiger partial charge in [-0.05, 0) is 39.0 Å². The van der Waals surface area contributed by atoms with Gasteiger partial charge in [0, 0.05) is 19.1 Å². The van der Waals surface area contributed by atoms with Gasteiger partial charge in [0.15, 0.2) is 5.82 Å². The summed E-state index contributed by atoms with van der Waals surface area (Å²) in [6, 6.07) is 0. The highest BCUT2D eigenvalue weighted by Crippen LogP contribution is 2.38. The van der Waals surface area contributed by atoms with Crippen LogP contribution in [0.3, 0.4) is 0 Å². The smallest absolute Gasteiger partial charge is 0.283 e. The van der Waals surface area contributed by atoms with Gasteiger partial charge in [-0.15, -0.1) is 0 Å². The topological polar surface area (TPSA) is 57.4 Å². The molecule has 1 heterocycles. The summed E-state index contributed by atoms with van der Waals surface area (Å²) in [5, 5.41) is 4.11. The molecule has 0 aliphatic heterocycles. The van der Waals surface area contributed by atoms with Crippen LogP contribution in [0.4, 0.5) is 0 Å². The van der Waals surface area contributed by atoms with Gasteiger partial charge in [0.2, 0.25) is 6.29 Å². The van der Waals surface area contributed by atoms with E-state index in [9.17, 15) is 0 Å². The zero-order chi connectivity index (χ0) is 13.7. The maximum absolute atomic E-state index is 5.47. The molecule has 0 radical (unpaired) electrons. The highest BCUT2D eigenvalue weighted by molar-refractivity contribution is 5.00. The van der Waals surface area contributed by atoms with Crippen LogP contribution < -0.4 is 0 Å². The molecule has 1 aliphatic rings. The molecule has 1 aromatic heterocycles. The van der Waals surface area contributed by atoms with Crippen LogP contribution in [0.2, 0.25) is 0 Å². The lowest BCUT2D eigenvalue weighted by Crippen LogP contribution is -2.09. The molecule has 0 amide bonds. The molecule has 1 saturated carbocycles. The zero-order valence-electron chi connectivity index (χ0n) is 12.1. The fraction of sp³-hybridized carbons (Fsp3) is 0.857. The molecule has 5 nitrogen and oxygen atoms in total. The van der Waals surface area contributed by atoms with Crippen LogP contribution in [-0.2, 0) is 9.47 Å². The van der Waals surface area contributed by atoms with Crippen molar-refractivity contribution in [1.29, 1.82) is 0 Å². The average Bonchev–Trinajstić information content (AvgIpc) is 3.07. The zero-order valence-corrected chi connectivity index (χ0v) is 12.1. The highest BCUT2D eigenvalue weighted by atomic mass is 16.7. The fourth-order valence-corrected chi connectivity index (χ4v) is 2.68. The molecule has 0 saturated heterocycles. The second-order valence-corrected chi connectivity index (χ2v) is 5.02. The maximum Gasteiger partial charge on any atom is 0.283 e. The molecule has 108 valence electrons. The normalized spacial score (nSPS) is 23.4. The Morgan fingerprint density at radius 1 is 1.21 bits per heavy atom. The van der Waals surface area contributed by atoms with Crippen molar-refractivity contribution < 1.29 is 14.0 Å². The molecule has 2 unspecified atom stereocenters. The van der Waals surface area contributed by atoms with E-state index in [2.05, 4.69) is 17.1 Å². The number of hydrogen-bond donors (Lipinski definition) is 0. The van der Waals surface area contributed by atoms with Crippen LogP contribution in [-0.4, -0.2) is 23.4 Å². The third-order valence-electron chi connectivity index (χ3n) is 3.78. The lowest BCUT2D eigenvalue weighted by atomic mass is 10.0. The van der Waals surface area contributed by atoms with Crippen LogP contribution in [0.5, 0.6) is 0 Å². The SMILES string of the molecule is CCOC(OCC)c1nc(C2CCC(CC)C2)no1. The van der Waals surface area contributed by atoms with Crippen molar-refractivity contribution >= 4 is 0 Å². The Balaban J connectivity index is 2.01. The largest absolute Gasteiger partial charge is 0.345 e. The molecule has 0 N–H and O–H groups in total. The first-order chi connectivity index (χ1) is 9.28. The Morgan fingerprint density at radius 3 is 2.53 bits per heavy atom. The first-order valence-electron chi connectivity index (χ1n) is 7.35. The third kappa shape index (κ3) is 3.54. The molecular formula is C14H24N2O3. The van der Waals surface area contributed by atoms with Crippen LogP contribution in [0.15, 0.2) is 4.52 Å². The Kier molecular flexibility index (Phi) is 5.34. The fourth-order valence-electron chi connectivity index (χ4n) is 2.68. The molecule has 1 aromatic rings. The predicted molar refractivity (Wildman–Crippen MR) is 70.7 cm³/mol. The van der Waals surface area contributed by atoms with E-state index in [1.807, 2.05) is 13.8 Å². The summed E-state index contributed by atoms with van der Waals surface area (Å²) in [5.41, 5.74) is 0. The highest BCUT2D eigenvalue weighted by Gasteiger charge is 2.29. The Bertz CT molecular complexity index is 375. The summed E-state index contributed by atoms with van der Waals surface area (Å²) in [7, 11) is 0. The van der Waals surface area contributed by atoms with Gasteiger partial charge < -0.3 is 14.0 Å². The van der Waals surface area contributed by atoms with E-state index in [4.69, 9.17) is 14.0 Å². The van der Waals surface area contributed by atoms with Crippen molar-refractivity contribution in [2.24, 2.45) is 5.92 Å². The van der Waals surface area contributed by atoms with Crippen LogP contribution >= 0.6 is 0 Å². The monoisotopic (exact) mass is 268 g/mol. The lowest BCUT2D eigenvalue weighted by Gasteiger charge is -2.11. The van der Waals surface area contributed by atoms with Crippen molar-refractivity contribution in [2.75, 3.05) is 13.2 Å². The summed E-state index contributed by atoms with van der Waals surface area (Å²) in [5.74, 6) is 2.50. The van der Waals surface area contributed by atoms with E-state index in [0.717, 1.165) is 18.2 Å². The first kappa shape index (κ1) is 14.5. The number of nitrogens with zero attached hydrogens (tertiary/aromatic N) is 2. The van der Waals surface area contributed by atoms with Gasteiger partial charge >= 0.3 is 0 Å². The van der Waals surface area contributed by atoms with Crippen LogP contribution in [0, 0.1) is 5.92 Å². The summed E-state index contributed by atoms with van der Waals surface area (Å²) in [6.45, 7) is 7.21. The number of rotatable bonds is 7. The van der Waals surface area contributed by atoms with Crippen LogP contribution in [0.1, 0.15) is 70.4 Å². The summed E-state index contributed by atoms with van der Waals surface area (Å²) in [4.78, 5) is 4.47. The average molecular weight is 268 g/mol. The van der Waals surface area contributed by atoms with Gasteiger partial charge in [0.1, 0.15) is 0 Å². The number of aromatic nitrogens is 2. The van der Waals surface area contributed by atoms with E-state index in [-0.39, 0.29) is 0 Å².